The molecule has 0 aromatic heterocycles. The maximum absolute atomic E-state index is 5.42. The summed E-state index contributed by atoms with van der Waals surface area (Å²) in [5.74, 6) is 2.53. The van der Waals surface area contributed by atoms with E-state index in [2.05, 4.69) is 65.1 Å². The predicted molar refractivity (Wildman–Crippen MR) is 131 cm³/mol. The Morgan fingerprint density at radius 3 is 2.26 bits per heavy atom. The van der Waals surface area contributed by atoms with Gasteiger partial charge in [-0.2, -0.15) is 0 Å². The summed E-state index contributed by atoms with van der Waals surface area (Å²) in [6.07, 6.45) is 4.19. The third kappa shape index (κ3) is 6.72. The molecule has 0 saturated carbocycles. The number of piperidine rings is 1. The van der Waals surface area contributed by atoms with E-state index in [1.807, 2.05) is 6.07 Å². The van der Waals surface area contributed by atoms with Crippen LogP contribution in [0, 0.1) is 0 Å². The normalized spacial score (nSPS) is 15.0. The number of ether oxygens (including phenoxy) is 2. The second kappa shape index (κ2) is 11.7. The van der Waals surface area contributed by atoms with Gasteiger partial charge in [0.15, 0.2) is 5.96 Å². The van der Waals surface area contributed by atoms with Gasteiger partial charge in [-0.1, -0.05) is 12.1 Å². The number of nitrogens with one attached hydrogen (secondary N) is 2. The minimum absolute atomic E-state index is 0.403. The van der Waals surface area contributed by atoms with Crippen LogP contribution >= 0.6 is 11.8 Å². The molecular weight excluding hydrogens is 408 g/mol. The van der Waals surface area contributed by atoms with Crippen LogP contribution in [0.4, 0.5) is 5.69 Å². The van der Waals surface area contributed by atoms with Crippen LogP contribution in [0.5, 0.6) is 11.5 Å². The summed E-state index contributed by atoms with van der Waals surface area (Å²) in [4.78, 5) is 8.46. The lowest BCUT2D eigenvalue weighted by Crippen LogP contribution is -2.48. The Labute approximate surface area is 190 Å². The molecule has 2 N–H and O–H groups in total. The minimum atomic E-state index is 0.403. The predicted octanol–water partition coefficient (Wildman–Crippen LogP) is 4.15. The molecule has 0 atom stereocenters. The fourth-order valence-electron chi connectivity index (χ4n) is 3.67. The van der Waals surface area contributed by atoms with E-state index >= 15 is 0 Å². The molecule has 6 nitrogen and oxygen atoms in total. The lowest BCUT2D eigenvalue weighted by atomic mass is 10.0. The maximum atomic E-state index is 5.42. The molecule has 1 aliphatic rings. The largest absolute Gasteiger partial charge is 0.497 e. The fourth-order valence-corrected chi connectivity index (χ4v) is 4.08. The molecule has 1 saturated heterocycles. The van der Waals surface area contributed by atoms with Gasteiger partial charge in [0.05, 0.1) is 20.8 Å². The monoisotopic (exact) mass is 442 g/mol. The maximum Gasteiger partial charge on any atom is 0.191 e. The van der Waals surface area contributed by atoms with Crippen molar-refractivity contribution in [2.24, 2.45) is 4.99 Å². The summed E-state index contributed by atoms with van der Waals surface area (Å²) >= 11 is 1.76. The molecule has 2 aromatic carbocycles. The number of hydrogen-bond donors (Lipinski definition) is 2. The van der Waals surface area contributed by atoms with Crippen LogP contribution in [-0.2, 0) is 6.54 Å². The first-order valence-corrected chi connectivity index (χ1v) is 12.0. The lowest BCUT2D eigenvalue weighted by molar-refractivity contribution is 0.393. The number of anilines is 1. The Balaban J connectivity index is 1.57. The SMILES string of the molecule is CCNC(=NCc1ccc(SC)cc1)NC1CCN(c2cc(OC)cc(OC)c2)CC1. The van der Waals surface area contributed by atoms with E-state index in [-0.39, 0.29) is 0 Å². The highest BCUT2D eigenvalue weighted by molar-refractivity contribution is 7.98. The average molecular weight is 443 g/mol. The molecule has 0 radical (unpaired) electrons. The number of nitrogens with zero attached hydrogens (tertiary/aromatic N) is 2. The molecule has 0 amide bonds. The van der Waals surface area contributed by atoms with Crippen LogP contribution in [-0.4, -0.2) is 52.1 Å². The Morgan fingerprint density at radius 1 is 1.06 bits per heavy atom. The van der Waals surface area contributed by atoms with E-state index in [0.717, 1.165) is 55.6 Å². The second-order valence-corrected chi connectivity index (χ2v) is 8.40. The van der Waals surface area contributed by atoms with E-state index in [1.165, 1.54) is 10.5 Å². The molecule has 1 fully saturated rings. The van der Waals surface area contributed by atoms with E-state index in [0.29, 0.717) is 12.6 Å². The summed E-state index contributed by atoms with van der Waals surface area (Å²) in [6, 6.07) is 15.1. The summed E-state index contributed by atoms with van der Waals surface area (Å²) in [5, 5.41) is 7.01. The highest BCUT2D eigenvalue weighted by Gasteiger charge is 2.21. The number of guanidine groups is 1. The lowest BCUT2D eigenvalue weighted by Gasteiger charge is -2.34. The van der Waals surface area contributed by atoms with Crippen molar-refractivity contribution in [2.75, 3.05) is 45.0 Å². The van der Waals surface area contributed by atoms with Crippen molar-refractivity contribution < 1.29 is 9.47 Å². The Kier molecular flexibility index (Phi) is 8.76. The van der Waals surface area contributed by atoms with Gasteiger partial charge in [-0.15, -0.1) is 11.8 Å². The molecule has 7 heteroatoms. The van der Waals surface area contributed by atoms with E-state index in [9.17, 15) is 0 Å². The fraction of sp³-hybridized carbons (Fsp3) is 0.458. The summed E-state index contributed by atoms with van der Waals surface area (Å²) in [6.45, 7) is 5.57. The van der Waals surface area contributed by atoms with Gasteiger partial charge in [-0.05, 0) is 43.7 Å². The van der Waals surface area contributed by atoms with E-state index in [1.54, 1.807) is 26.0 Å². The van der Waals surface area contributed by atoms with Crippen LogP contribution < -0.4 is 25.0 Å². The molecule has 2 aromatic rings. The Hall–Kier alpha value is -2.54. The first kappa shape index (κ1) is 23.1. The number of thioether (sulfide) groups is 1. The zero-order chi connectivity index (χ0) is 22.1. The molecule has 0 bridgehead atoms. The summed E-state index contributed by atoms with van der Waals surface area (Å²) < 4.78 is 10.8. The van der Waals surface area contributed by atoms with Crippen molar-refractivity contribution in [1.82, 2.24) is 10.6 Å². The van der Waals surface area contributed by atoms with E-state index < -0.39 is 0 Å². The Morgan fingerprint density at radius 2 is 1.71 bits per heavy atom. The highest BCUT2D eigenvalue weighted by atomic mass is 32.2. The van der Waals surface area contributed by atoms with Gasteiger partial charge >= 0.3 is 0 Å². The number of benzene rings is 2. The zero-order valence-electron chi connectivity index (χ0n) is 19.0. The molecule has 1 heterocycles. The molecule has 0 spiro atoms. The molecular formula is C24H34N4O2S. The van der Waals surface area contributed by atoms with Gasteiger partial charge in [-0.25, -0.2) is 4.99 Å². The molecule has 1 aliphatic heterocycles. The first-order chi connectivity index (χ1) is 15.1. The van der Waals surface area contributed by atoms with Gasteiger partial charge in [0.1, 0.15) is 11.5 Å². The third-order valence-corrected chi connectivity index (χ3v) is 6.20. The third-order valence-electron chi connectivity index (χ3n) is 5.46. The number of aliphatic imine (C=N–C) groups is 1. The zero-order valence-corrected chi connectivity index (χ0v) is 19.8. The first-order valence-electron chi connectivity index (χ1n) is 10.8. The van der Waals surface area contributed by atoms with Crippen molar-refractivity contribution >= 4 is 23.4 Å². The minimum Gasteiger partial charge on any atom is -0.497 e. The van der Waals surface area contributed by atoms with Gasteiger partial charge in [0, 0.05) is 54.5 Å². The molecule has 0 unspecified atom stereocenters. The quantitative estimate of drug-likeness (QED) is 0.364. The van der Waals surface area contributed by atoms with Crippen LogP contribution in [0.15, 0.2) is 52.4 Å². The smallest absolute Gasteiger partial charge is 0.191 e. The number of methoxy groups -OCH3 is 2. The summed E-state index contributed by atoms with van der Waals surface area (Å²) in [5.41, 5.74) is 2.36. The van der Waals surface area contributed by atoms with Crippen LogP contribution in [0.1, 0.15) is 25.3 Å². The second-order valence-electron chi connectivity index (χ2n) is 7.52. The van der Waals surface area contributed by atoms with Gasteiger partial charge in [0.2, 0.25) is 0 Å². The van der Waals surface area contributed by atoms with Crippen molar-refractivity contribution in [2.45, 2.75) is 37.2 Å². The van der Waals surface area contributed by atoms with Crippen LogP contribution in [0.3, 0.4) is 0 Å². The van der Waals surface area contributed by atoms with Crippen molar-refractivity contribution in [3.05, 3.63) is 48.0 Å². The average Bonchev–Trinajstić information content (AvgIpc) is 2.83. The van der Waals surface area contributed by atoms with Crippen LogP contribution in [0.25, 0.3) is 0 Å². The van der Waals surface area contributed by atoms with Gasteiger partial charge in [0.25, 0.3) is 0 Å². The molecule has 0 aliphatic carbocycles. The highest BCUT2D eigenvalue weighted by Crippen LogP contribution is 2.30. The summed E-state index contributed by atoms with van der Waals surface area (Å²) in [7, 11) is 3.38. The molecule has 31 heavy (non-hydrogen) atoms. The Bertz CT molecular complexity index is 827. The van der Waals surface area contributed by atoms with Crippen molar-refractivity contribution in [1.29, 1.82) is 0 Å². The van der Waals surface area contributed by atoms with Crippen LogP contribution in [0.2, 0.25) is 0 Å². The molecule has 168 valence electrons. The number of rotatable bonds is 8. The standard InChI is InChI=1S/C24H34N4O2S/c1-5-25-24(26-17-18-6-8-23(31-4)9-7-18)27-19-10-12-28(13-11-19)20-14-21(29-2)16-22(15-20)30-3/h6-9,14-16,19H,5,10-13,17H2,1-4H3,(H2,25,26,27). The van der Waals surface area contributed by atoms with Gasteiger partial charge < -0.3 is 25.0 Å². The van der Waals surface area contributed by atoms with Crippen molar-refractivity contribution in [3.8, 4) is 11.5 Å². The number of hydrogen-bond acceptors (Lipinski definition) is 5. The van der Waals surface area contributed by atoms with Gasteiger partial charge in [-0.3, -0.25) is 0 Å². The molecule has 3 rings (SSSR count). The topological polar surface area (TPSA) is 58.1 Å². The van der Waals surface area contributed by atoms with E-state index in [4.69, 9.17) is 14.5 Å². The van der Waals surface area contributed by atoms with Crippen molar-refractivity contribution in [3.63, 3.8) is 0 Å².